The maximum Gasteiger partial charge on any atom is 0.233 e. The van der Waals surface area contributed by atoms with Crippen molar-refractivity contribution in [2.75, 3.05) is 26.2 Å². The van der Waals surface area contributed by atoms with Gasteiger partial charge in [-0.2, -0.15) is 0 Å². The Morgan fingerprint density at radius 1 is 1.10 bits per heavy atom. The molecule has 0 aromatic rings. The van der Waals surface area contributed by atoms with E-state index in [9.17, 15) is 9.59 Å². The molecule has 1 N–H and O–H groups in total. The molecule has 2 bridgehead atoms. The molecule has 2 aliphatic carbocycles. The van der Waals surface area contributed by atoms with Gasteiger partial charge in [0.25, 0.3) is 0 Å². The quantitative estimate of drug-likeness (QED) is 0.553. The Morgan fingerprint density at radius 2 is 1.65 bits per heavy atom. The third kappa shape index (κ3) is 2.01. The van der Waals surface area contributed by atoms with Gasteiger partial charge >= 0.3 is 0 Å². The first-order valence-corrected chi connectivity index (χ1v) is 8.04. The molecule has 0 unspecified atom stereocenters. The number of hydrogen-bond acceptors (Lipinski definition) is 2. The Morgan fingerprint density at radius 3 is 2.15 bits per heavy atom. The molecule has 4 nitrogen and oxygen atoms in total. The van der Waals surface area contributed by atoms with Crippen molar-refractivity contribution in [3.8, 4) is 0 Å². The van der Waals surface area contributed by atoms with Gasteiger partial charge in [0, 0.05) is 13.0 Å². The number of amides is 2. The number of carbonyl (C=O) groups is 2. The highest BCUT2D eigenvalue weighted by Gasteiger charge is 2.58. The monoisotopic (exact) mass is 277 g/mol. The van der Waals surface area contributed by atoms with E-state index in [0.717, 1.165) is 32.5 Å². The molecule has 110 valence electrons. The van der Waals surface area contributed by atoms with Gasteiger partial charge in [-0.3, -0.25) is 14.5 Å². The first-order chi connectivity index (χ1) is 9.67. The summed E-state index contributed by atoms with van der Waals surface area (Å²) in [6, 6.07) is 0. The SMILES string of the molecule is CC[NH+](CC)CCCN1C(=O)[C@@H]2[C@@H](C1=O)[C@@H]1C=C[C@@H]2C1. The Balaban J connectivity index is 1.59. The predicted molar refractivity (Wildman–Crippen MR) is 76.0 cm³/mol. The lowest BCUT2D eigenvalue weighted by Crippen LogP contribution is -3.11. The van der Waals surface area contributed by atoms with Crippen molar-refractivity contribution in [2.45, 2.75) is 26.7 Å². The fourth-order valence-electron chi connectivity index (χ4n) is 4.28. The molecule has 3 aliphatic rings. The van der Waals surface area contributed by atoms with Crippen LogP contribution in [0.1, 0.15) is 26.7 Å². The normalized spacial score (nSPS) is 34.6. The summed E-state index contributed by atoms with van der Waals surface area (Å²) >= 11 is 0. The number of nitrogens with zero attached hydrogens (tertiary/aromatic N) is 1. The highest BCUT2D eigenvalue weighted by molar-refractivity contribution is 6.06. The summed E-state index contributed by atoms with van der Waals surface area (Å²) in [6.07, 6.45) is 6.25. The minimum atomic E-state index is -0.0294. The molecule has 2 fully saturated rings. The average Bonchev–Trinajstić information content (AvgIpc) is 3.12. The smallest absolute Gasteiger partial charge is 0.233 e. The van der Waals surface area contributed by atoms with Gasteiger partial charge in [-0.15, -0.1) is 0 Å². The lowest BCUT2D eigenvalue weighted by Gasteiger charge is -2.19. The fraction of sp³-hybridized carbons (Fsp3) is 0.750. The van der Waals surface area contributed by atoms with Gasteiger partial charge in [0.15, 0.2) is 0 Å². The summed E-state index contributed by atoms with van der Waals surface area (Å²) in [5.74, 6) is 0.814. The number of quaternary nitrogens is 1. The summed E-state index contributed by atoms with van der Waals surface area (Å²) in [5, 5.41) is 0. The number of fused-ring (bicyclic) bond motifs is 5. The van der Waals surface area contributed by atoms with E-state index in [1.807, 2.05) is 0 Å². The molecule has 1 saturated carbocycles. The van der Waals surface area contributed by atoms with E-state index < -0.39 is 0 Å². The summed E-state index contributed by atoms with van der Waals surface area (Å²) in [5.41, 5.74) is 0. The van der Waals surface area contributed by atoms with Crippen LogP contribution < -0.4 is 4.90 Å². The molecule has 1 heterocycles. The molecule has 4 atom stereocenters. The van der Waals surface area contributed by atoms with Crippen LogP contribution in [0.3, 0.4) is 0 Å². The van der Waals surface area contributed by atoms with Gasteiger partial charge < -0.3 is 4.90 Å². The molecule has 0 aromatic carbocycles. The number of imide groups is 1. The standard InChI is InChI=1S/C16H24N2O2/c1-3-17(4-2)8-5-9-18-15(19)13-11-6-7-12(10-11)14(13)16(18)20/h6-7,11-14H,3-5,8-10H2,1-2H3/p+1/t11-,12-,13+,14+/m1/s1. The second-order valence-electron chi connectivity index (χ2n) is 6.39. The summed E-state index contributed by atoms with van der Waals surface area (Å²) in [6.45, 7) is 8.24. The molecule has 0 spiro atoms. The van der Waals surface area contributed by atoms with E-state index in [4.69, 9.17) is 0 Å². The number of likely N-dealkylation sites (tertiary alicyclic amines) is 1. The number of nitrogens with one attached hydrogen (secondary N) is 1. The molecule has 4 heteroatoms. The highest BCUT2D eigenvalue weighted by atomic mass is 16.2. The van der Waals surface area contributed by atoms with E-state index >= 15 is 0 Å². The van der Waals surface area contributed by atoms with Crippen molar-refractivity contribution in [1.29, 1.82) is 0 Å². The van der Waals surface area contributed by atoms with E-state index in [0.29, 0.717) is 18.4 Å². The number of carbonyl (C=O) groups excluding carboxylic acids is 2. The van der Waals surface area contributed by atoms with Crippen LogP contribution in [0.15, 0.2) is 12.2 Å². The van der Waals surface area contributed by atoms with Crippen molar-refractivity contribution >= 4 is 11.8 Å². The minimum absolute atomic E-state index is 0.0294. The van der Waals surface area contributed by atoms with Gasteiger partial charge in [-0.05, 0) is 32.1 Å². The summed E-state index contributed by atoms with van der Waals surface area (Å²) in [4.78, 5) is 28.0. The topological polar surface area (TPSA) is 41.8 Å². The third-order valence-corrected chi connectivity index (χ3v) is 5.47. The second-order valence-corrected chi connectivity index (χ2v) is 6.39. The Hall–Kier alpha value is -1.16. The van der Waals surface area contributed by atoms with Crippen LogP contribution in [0.5, 0.6) is 0 Å². The van der Waals surface area contributed by atoms with Crippen molar-refractivity contribution in [1.82, 2.24) is 4.90 Å². The summed E-state index contributed by atoms with van der Waals surface area (Å²) in [7, 11) is 0. The van der Waals surface area contributed by atoms with Crippen LogP contribution in [0, 0.1) is 23.7 Å². The fourth-order valence-corrected chi connectivity index (χ4v) is 4.28. The molecule has 0 radical (unpaired) electrons. The van der Waals surface area contributed by atoms with Gasteiger partial charge in [0.2, 0.25) is 11.8 Å². The molecule has 2 amide bonds. The van der Waals surface area contributed by atoms with Gasteiger partial charge in [-0.25, -0.2) is 0 Å². The summed E-state index contributed by atoms with van der Waals surface area (Å²) < 4.78 is 0. The van der Waals surface area contributed by atoms with Crippen LogP contribution >= 0.6 is 0 Å². The van der Waals surface area contributed by atoms with Crippen molar-refractivity contribution in [2.24, 2.45) is 23.7 Å². The first-order valence-electron chi connectivity index (χ1n) is 8.04. The maximum absolute atomic E-state index is 12.5. The van der Waals surface area contributed by atoms with Crippen LogP contribution in [-0.4, -0.2) is 42.9 Å². The van der Waals surface area contributed by atoms with Gasteiger partial charge in [0.05, 0.1) is 31.5 Å². The van der Waals surface area contributed by atoms with Crippen molar-refractivity contribution < 1.29 is 14.5 Å². The molecule has 0 aromatic heterocycles. The Bertz CT molecular complexity index is 412. The maximum atomic E-state index is 12.5. The van der Waals surface area contributed by atoms with Crippen LogP contribution in [-0.2, 0) is 9.59 Å². The van der Waals surface area contributed by atoms with Crippen molar-refractivity contribution in [3.63, 3.8) is 0 Å². The molecule has 1 aliphatic heterocycles. The zero-order valence-electron chi connectivity index (χ0n) is 12.5. The molecule has 1 saturated heterocycles. The second kappa shape index (κ2) is 5.32. The van der Waals surface area contributed by atoms with Crippen molar-refractivity contribution in [3.05, 3.63) is 12.2 Å². The third-order valence-electron chi connectivity index (χ3n) is 5.47. The van der Waals surface area contributed by atoms with E-state index in [2.05, 4.69) is 26.0 Å². The molecular formula is C16H25N2O2+. The Labute approximate surface area is 120 Å². The Kier molecular flexibility index (Phi) is 3.67. The first kappa shape index (κ1) is 13.8. The predicted octanol–water partition coefficient (Wildman–Crippen LogP) is 0.108. The number of allylic oxidation sites excluding steroid dienone is 2. The zero-order chi connectivity index (χ0) is 14.3. The lowest BCUT2D eigenvalue weighted by molar-refractivity contribution is -0.896. The number of hydrogen-bond donors (Lipinski definition) is 1. The van der Waals surface area contributed by atoms with Gasteiger partial charge in [-0.1, -0.05) is 12.2 Å². The molecule has 3 rings (SSSR count). The number of rotatable bonds is 6. The molecular weight excluding hydrogens is 252 g/mol. The lowest BCUT2D eigenvalue weighted by atomic mass is 9.85. The molecule has 20 heavy (non-hydrogen) atoms. The minimum Gasteiger partial charge on any atom is -0.335 e. The van der Waals surface area contributed by atoms with Crippen LogP contribution in [0.25, 0.3) is 0 Å². The largest absolute Gasteiger partial charge is 0.335 e. The average molecular weight is 277 g/mol. The van der Waals surface area contributed by atoms with E-state index in [-0.39, 0.29) is 23.7 Å². The van der Waals surface area contributed by atoms with Crippen LogP contribution in [0.2, 0.25) is 0 Å². The van der Waals surface area contributed by atoms with E-state index in [1.54, 1.807) is 4.90 Å². The van der Waals surface area contributed by atoms with Crippen LogP contribution in [0.4, 0.5) is 0 Å². The van der Waals surface area contributed by atoms with Gasteiger partial charge in [0.1, 0.15) is 0 Å². The zero-order valence-corrected chi connectivity index (χ0v) is 12.5. The van der Waals surface area contributed by atoms with E-state index in [1.165, 1.54) is 4.90 Å². The highest BCUT2D eigenvalue weighted by Crippen LogP contribution is 2.52.